The summed E-state index contributed by atoms with van der Waals surface area (Å²) in [6, 6.07) is 11.9. The summed E-state index contributed by atoms with van der Waals surface area (Å²) in [6.07, 6.45) is 2.14. The van der Waals surface area contributed by atoms with Gasteiger partial charge in [0, 0.05) is 29.3 Å². The van der Waals surface area contributed by atoms with Crippen molar-refractivity contribution in [3.63, 3.8) is 0 Å². The lowest BCUT2D eigenvalue weighted by Crippen LogP contribution is -2.23. The molecule has 3 aromatic rings. The lowest BCUT2D eigenvalue weighted by atomic mass is 10.2. The van der Waals surface area contributed by atoms with Crippen LogP contribution < -0.4 is 4.74 Å². The van der Waals surface area contributed by atoms with E-state index in [1.165, 1.54) is 12.1 Å². The molecule has 1 atom stereocenters. The Morgan fingerprint density at radius 2 is 2.06 bits per heavy atom. The van der Waals surface area contributed by atoms with Crippen LogP contribution in [0, 0.1) is 10.6 Å². The predicted octanol–water partition coefficient (Wildman–Crippen LogP) is 5.15. The van der Waals surface area contributed by atoms with E-state index >= 15 is 0 Å². The Labute approximate surface area is 197 Å². The van der Waals surface area contributed by atoms with Crippen molar-refractivity contribution in [3.8, 4) is 17.1 Å². The fourth-order valence-electron chi connectivity index (χ4n) is 3.94. The van der Waals surface area contributed by atoms with Crippen molar-refractivity contribution in [2.24, 2.45) is 0 Å². The second-order valence-corrected chi connectivity index (χ2v) is 8.77. The normalized spacial score (nSPS) is 16.1. The first-order valence-corrected chi connectivity index (χ1v) is 11.3. The van der Waals surface area contributed by atoms with E-state index in [1.807, 2.05) is 29.8 Å². The van der Waals surface area contributed by atoms with Gasteiger partial charge in [-0.25, -0.2) is 9.07 Å². The molecule has 6 nitrogen and oxygen atoms in total. The molecule has 0 spiro atoms. The van der Waals surface area contributed by atoms with Gasteiger partial charge in [-0.1, -0.05) is 11.6 Å². The number of rotatable bonds is 8. The molecule has 2 aromatic carbocycles. The number of methoxy groups -OCH3 is 1. The predicted molar refractivity (Wildman–Crippen MR) is 125 cm³/mol. The molecule has 1 saturated heterocycles. The molecule has 2 heterocycles. The van der Waals surface area contributed by atoms with Crippen molar-refractivity contribution in [1.29, 1.82) is 0 Å². The summed E-state index contributed by atoms with van der Waals surface area (Å²) < 4.78 is 29.2. The molecule has 1 unspecified atom stereocenters. The van der Waals surface area contributed by atoms with E-state index in [4.69, 9.17) is 38.4 Å². The van der Waals surface area contributed by atoms with E-state index in [1.54, 1.807) is 23.9 Å². The Kier molecular flexibility index (Phi) is 7.25. The van der Waals surface area contributed by atoms with Gasteiger partial charge in [0.2, 0.25) is 0 Å². The molecule has 32 heavy (non-hydrogen) atoms. The van der Waals surface area contributed by atoms with Crippen LogP contribution in [0.25, 0.3) is 11.4 Å². The van der Waals surface area contributed by atoms with Crippen molar-refractivity contribution in [1.82, 2.24) is 19.2 Å². The molecule has 9 heteroatoms. The maximum Gasteiger partial charge on any atom is 0.199 e. The topological polar surface area (TPSA) is 44.5 Å². The summed E-state index contributed by atoms with van der Waals surface area (Å²) in [5.41, 5.74) is 1.79. The van der Waals surface area contributed by atoms with E-state index in [0.29, 0.717) is 35.4 Å². The molecule has 4 rings (SSSR count). The molecule has 1 aromatic heterocycles. The van der Waals surface area contributed by atoms with Crippen molar-refractivity contribution in [3.05, 3.63) is 63.6 Å². The van der Waals surface area contributed by atoms with Crippen molar-refractivity contribution >= 4 is 23.8 Å². The van der Waals surface area contributed by atoms with Gasteiger partial charge >= 0.3 is 0 Å². The summed E-state index contributed by atoms with van der Waals surface area (Å²) in [7, 11) is 3.63. The molecule has 1 aliphatic heterocycles. The molecule has 170 valence electrons. The molecule has 0 saturated carbocycles. The standard InChI is InChI=1S/C23H26ClFN4O2S/c1-27(13-17-12-18(24)7-10-21(17)30-2)15-29-23(32)28(14-20-4-3-11-31-20)22(26-29)16-5-8-19(25)9-6-16/h5-10,12,20H,3-4,11,13-15H2,1-2H3. The van der Waals surface area contributed by atoms with Crippen molar-refractivity contribution < 1.29 is 13.9 Å². The van der Waals surface area contributed by atoms with E-state index < -0.39 is 0 Å². The average Bonchev–Trinajstić information content (AvgIpc) is 3.39. The number of halogens is 2. The molecule has 1 aliphatic rings. The third kappa shape index (κ3) is 5.20. The van der Waals surface area contributed by atoms with Crippen LogP contribution in [0.4, 0.5) is 4.39 Å². The second-order valence-electron chi connectivity index (χ2n) is 7.97. The van der Waals surface area contributed by atoms with Gasteiger partial charge in [-0.15, -0.1) is 0 Å². The number of hydrogen-bond acceptors (Lipinski definition) is 5. The van der Waals surface area contributed by atoms with Crippen LogP contribution in [-0.4, -0.2) is 46.1 Å². The van der Waals surface area contributed by atoms with Crippen molar-refractivity contribution in [2.45, 2.75) is 38.7 Å². The van der Waals surface area contributed by atoms with Gasteiger partial charge in [0.15, 0.2) is 10.6 Å². The van der Waals surface area contributed by atoms with Gasteiger partial charge in [-0.05, 0) is 74.6 Å². The summed E-state index contributed by atoms with van der Waals surface area (Å²) in [6.45, 7) is 2.47. The van der Waals surface area contributed by atoms with E-state index in [9.17, 15) is 4.39 Å². The Morgan fingerprint density at radius 3 is 2.75 bits per heavy atom. The number of ether oxygens (including phenoxy) is 2. The number of nitrogens with zero attached hydrogens (tertiary/aromatic N) is 4. The Balaban J connectivity index is 1.61. The highest BCUT2D eigenvalue weighted by atomic mass is 35.5. The first kappa shape index (κ1) is 22.9. The molecular formula is C23H26ClFN4O2S. The zero-order chi connectivity index (χ0) is 22.7. The zero-order valence-corrected chi connectivity index (χ0v) is 19.7. The lowest BCUT2D eigenvalue weighted by molar-refractivity contribution is 0.0967. The summed E-state index contributed by atoms with van der Waals surface area (Å²) in [4.78, 5) is 2.09. The smallest absolute Gasteiger partial charge is 0.199 e. The van der Waals surface area contributed by atoms with Gasteiger partial charge in [0.25, 0.3) is 0 Å². The highest BCUT2D eigenvalue weighted by Gasteiger charge is 2.21. The van der Waals surface area contributed by atoms with Gasteiger partial charge in [-0.2, -0.15) is 5.10 Å². The Morgan fingerprint density at radius 1 is 1.28 bits per heavy atom. The maximum absolute atomic E-state index is 13.5. The van der Waals surface area contributed by atoms with Gasteiger partial charge in [-0.3, -0.25) is 9.47 Å². The Hall–Kier alpha value is -2.26. The molecule has 0 bridgehead atoms. The minimum Gasteiger partial charge on any atom is -0.496 e. The van der Waals surface area contributed by atoms with Gasteiger partial charge in [0.1, 0.15) is 11.6 Å². The first-order chi connectivity index (χ1) is 15.4. The SMILES string of the molecule is COc1ccc(Cl)cc1CN(C)Cn1nc(-c2ccc(F)cc2)n(CC2CCCO2)c1=S. The number of aromatic nitrogens is 3. The highest BCUT2D eigenvalue weighted by Crippen LogP contribution is 2.25. The van der Waals surface area contributed by atoms with Crippen LogP contribution in [-0.2, 0) is 24.5 Å². The van der Waals surface area contributed by atoms with Crippen LogP contribution in [0.3, 0.4) is 0 Å². The minimum absolute atomic E-state index is 0.104. The Bertz CT molecular complexity index is 1130. The summed E-state index contributed by atoms with van der Waals surface area (Å²) in [5.74, 6) is 1.20. The second kappa shape index (κ2) is 10.1. The molecule has 0 radical (unpaired) electrons. The molecule has 0 aliphatic carbocycles. The minimum atomic E-state index is -0.285. The molecule has 1 fully saturated rings. The van der Waals surface area contributed by atoms with E-state index in [2.05, 4.69) is 4.90 Å². The summed E-state index contributed by atoms with van der Waals surface area (Å²) >= 11 is 12.0. The zero-order valence-electron chi connectivity index (χ0n) is 18.1. The molecule has 0 N–H and O–H groups in total. The van der Waals surface area contributed by atoms with Crippen molar-refractivity contribution in [2.75, 3.05) is 20.8 Å². The maximum atomic E-state index is 13.5. The fraction of sp³-hybridized carbons (Fsp3) is 0.391. The van der Waals surface area contributed by atoms with Gasteiger partial charge < -0.3 is 9.47 Å². The number of benzene rings is 2. The largest absolute Gasteiger partial charge is 0.496 e. The highest BCUT2D eigenvalue weighted by molar-refractivity contribution is 7.71. The third-order valence-corrected chi connectivity index (χ3v) is 6.16. The van der Waals surface area contributed by atoms with Crippen LogP contribution in [0.1, 0.15) is 18.4 Å². The lowest BCUT2D eigenvalue weighted by Gasteiger charge is -2.18. The quantitative estimate of drug-likeness (QED) is 0.421. The third-order valence-electron chi connectivity index (χ3n) is 5.49. The van der Waals surface area contributed by atoms with Gasteiger partial charge in [0.05, 0.1) is 26.4 Å². The van der Waals surface area contributed by atoms with E-state index in [0.717, 1.165) is 36.3 Å². The molecular weight excluding hydrogens is 451 g/mol. The van der Waals surface area contributed by atoms with Crippen LogP contribution in [0.15, 0.2) is 42.5 Å². The average molecular weight is 477 g/mol. The number of hydrogen-bond donors (Lipinski definition) is 0. The van der Waals surface area contributed by atoms with E-state index in [-0.39, 0.29) is 11.9 Å². The van der Waals surface area contributed by atoms with Crippen LogP contribution >= 0.6 is 23.8 Å². The first-order valence-electron chi connectivity index (χ1n) is 10.5. The fourth-order valence-corrected chi connectivity index (χ4v) is 4.40. The van der Waals surface area contributed by atoms with Crippen LogP contribution in [0.5, 0.6) is 5.75 Å². The molecule has 0 amide bonds. The monoisotopic (exact) mass is 476 g/mol. The summed E-state index contributed by atoms with van der Waals surface area (Å²) in [5, 5.41) is 5.45. The van der Waals surface area contributed by atoms with Crippen LogP contribution in [0.2, 0.25) is 5.02 Å².